The predicted molar refractivity (Wildman–Crippen MR) is 86.0 cm³/mol. The standard InChI is InChI=1S/C16H24N2O3S/c1-11-8-13(16(19)21-11)17-9-14(15-4-3-7-22-15)18-5-6-20-12(2)10-18/h3-4,7,11-14,17H,5-6,8-10H2,1-2H3. The van der Waals surface area contributed by atoms with E-state index in [1.807, 2.05) is 6.92 Å². The number of hydrogen-bond acceptors (Lipinski definition) is 6. The Bertz CT molecular complexity index is 494. The molecule has 4 atom stereocenters. The van der Waals surface area contributed by atoms with Gasteiger partial charge in [0, 0.05) is 30.9 Å². The predicted octanol–water partition coefficient (Wildman–Crippen LogP) is 1.80. The van der Waals surface area contributed by atoms with E-state index < -0.39 is 0 Å². The minimum absolute atomic E-state index is 0.0218. The van der Waals surface area contributed by atoms with Gasteiger partial charge in [0.2, 0.25) is 0 Å². The number of rotatable bonds is 5. The Labute approximate surface area is 135 Å². The van der Waals surface area contributed by atoms with Crippen molar-refractivity contribution in [3.63, 3.8) is 0 Å². The summed E-state index contributed by atoms with van der Waals surface area (Å²) in [6, 6.07) is 4.38. The van der Waals surface area contributed by atoms with Crippen molar-refractivity contribution in [1.29, 1.82) is 0 Å². The average Bonchev–Trinajstić information content (AvgIpc) is 3.10. The van der Waals surface area contributed by atoms with Gasteiger partial charge in [0.25, 0.3) is 0 Å². The molecule has 5 nitrogen and oxygen atoms in total. The van der Waals surface area contributed by atoms with Crippen molar-refractivity contribution >= 4 is 17.3 Å². The fourth-order valence-corrected chi connectivity index (χ4v) is 4.06. The zero-order valence-corrected chi connectivity index (χ0v) is 14.0. The highest BCUT2D eigenvalue weighted by Crippen LogP contribution is 2.27. The highest BCUT2D eigenvalue weighted by atomic mass is 32.1. The summed E-state index contributed by atoms with van der Waals surface area (Å²) in [5, 5.41) is 5.52. The number of nitrogens with one attached hydrogen (secondary N) is 1. The lowest BCUT2D eigenvalue weighted by molar-refractivity contribution is -0.142. The van der Waals surface area contributed by atoms with Gasteiger partial charge in [-0.15, -0.1) is 11.3 Å². The smallest absolute Gasteiger partial charge is 0.323 e. The lowest BCUT2D eigenvalue weighted by Crippen LogP contribution is -2.47. The van der Waals surface area contributed by atoms with Crippen LogP contribution in [0.4, 0.5) is 0 Å². The lowest BCUT2D eigenvalue weighted by atomic mass is 10.1. The molecule has 0 bridgehead atoms. The second-order valence-corrected chi connectivity index (χ2v) is 7.13. The van der Waals surface area contributed by atoms with Crippen LogP contribution < -0.4 is 5.32 Å². The van der Waals surface area contributed by atoms with E-state index in [1.54, 1.807) is 11.3 Å². The largest absolute Gasteiger partial charge is 0.461 e. The Morgan fingerprint density at radius 1 is 1.45 bits per heavy atom. The molecule has 2 saturated heterocycles. The SMILES string of the molecule is CC1CN(C(CNC2CC(C)OC2=O)c2cccs2)CCO1. The molecule has 2 fully saturated rings. The molecule has 2 aliphatic rings. The molecule has 0 saturated carbocycles. The van der Waals surface area contributed by atoms with Gasteiger partial charge in [0.05, 0.1) is 18.8 Å². The van der Waals surface area contributed by atoms with E-state index in [9.17, 15) is 4.79 Å². The van der Waals surface area contributed by atoms with Gasteiger partial charge >= 0.3 is 5.97 Å². The third-order valence-electron chi connectivity index (χ3n) is 4.31. The average molecular weight is 324 g/mol. The number of morpholine rings is 1. The highest BCUT2D eigenvalue weighted by molar-refractivity contribution is 7.10. The van der Waals surface area contributed by atoms with Gasteiger partial charge in [-0.3, -0.25) is 9.69 Å². The van der Waals surface area contributed by atoms with Gasteiger partial charge in [-0.2, -0.15) is 0 Å². The summed E-state index contributed by atoms with van der Waals surface area (Å²) < 4.78 is 10.9. The maximum Gasteiger partial charge on any atom is 0.323 e. The first-order valence-electron chi connectivity index (χ1n) is 7.96. The number of cyclic esters (lactones) is 1. The van der Waals surface area contributed by atoms with Crippen LogP contribution in [0.25, 0.3) is 0 Å². The maximum absolute atomic E-state index is 11.8. The van der Waals surface area contributed by atoms with Crippen LogP contribution in [0.5, 0.6) is 0 Å². The van der Waals surface area contributed by atoms with E-state index in [1.165, 1.54) is 4.88 Å². The molecule has 3 heterocycles. The van der Waals surface area contributed by atoms with Crippen LogP contribution in [-0.4, -0.2) is 55.4 Å². The fraction of sp³-hybridized carbons (Fsp3) is 0.688. The Kier molecular flexibility index (Phi) is 5.13. The van der Waals surface area contributed by atoms with Gasteiger partial charge in [0.1, 0.15) is 12.1 Å². The van der Waals surface area contributed by atoms with E-state index in [-0.39, 0.29) is 30.3 Å². The Balaban J connectivity index is 1.65. The summed E-state index contributed by atoms with van der Waals surface area (Å²) in [5.41, 5.74) is 0. The number of thiophene rings is 1. The fourth-order valence-electron chi connectivity index (χ4n) is 3.20. The van der Waals surface area contributed by atoms with Crippen LogP contribution in [0.2, 0.25) is 0 Å². The summed E-state index contributed by atoms with van der Waals surface area (Å²) in [4.78, 5) is 15.6. The molecule has 1 aromatic rings. The minimum atomic E-state index is -0.170. The second kappa shape index (κ2) is 7.08. The Morgan fingerprint density at radius 3 is 2.95 bits per heavy atom. The number of esters is 1. The van der Waals surface area contributed by atoms with Gasteiger partial charge in [-0.1, -0.05) is 6.07 Å². The maximum atomic E-state index is 11.8. The molecule has 1 N–H and O–H groups in total. The van der Waals surface area contributed by atoms with Crippen LogP contribution >= 0.6 is 11.3 Å². The number of nitrogens with zero attached hydrogens (tertiary/aromatic N) is 1. The summed E-state index contributed by atoms with van der Waals surface area (Å²) >= 11 is 1.77. The first kappa shape index (κ1) is 15.9. The lowest BCUT2D eigenvalue weighted by Gasteiger charge is -2.37. The molecule has 0 aromatic carbocycles. The van der Waals surface area contributed by atoms with Crippen LogP contribution in [0.15, 0.2) is 17.5 Å². The summed E-state index contributed by atoms with van der Waals surface area (Å²) in [7, 11) is 0. The number of carbonyl (C=O) groups excluding carboxylic acids is 1. The zero-order valence-electron chi connectivity index (χ0n) is 13.2. The van der Waals surface area contributed by atoms with Gasteiger partial charge in [-0.05, 0) is 25.3 Å². The van der Waals surface area contributed by atoms with Crippen molar-refractivity contribution in [2.45, 2.75) is 44.6 Å². The van der Waals surface area contributed by atoms with E-state index in [4.69, 9.17) is 9.47 Å². The monoisotopic (exact) mass is 324 g/mol. The molecular weight excluding hydrogens is 300 g/mol. The molecule has 2 aliphatic heterocycles. The molecule has 0 amide bonds. The van der Waals surface area contributed by atoms with Crippen molar-refractivity contribution in [2.24, 2.45) is 0 Å². The number of carbonyl (C=O) groups is 1. The molecule has 4 unspecified atom stereocenters. The number of hydrogen-bond donors (Lipinski definition) is 1. The van der Waals surface area contributed by atoms with Crippen LogP contribution in [0.3, 0.4) is 0 Å². The van der Waals surface area contributed by atoms with E-state index in [2.05, 4.69) is 34.7 Å². The highest BCUT2D eigenvalue weighted by Gasteiger charge is 2.33. The second-order valence-electron chi connectivity index (χ2n) is 6.15. The van der Waals surface area contributed by atoms with Crippen LogP contribution in [0, 0.1) is 0 Å². The van der Waals surface area contributed by atoms with Crippen molar-refractivity contribution in [3.05, 3.63) is 22.4 Å². The summed E-state index contributed by atoms with van der Waals surface area (Å²) in [6.45, 7) is 7.45. The minimum Gasteiger partial charge on any atom is -0.461 e. The van der Waals surface area contributed by atoms with Crippen molar-refractivity contribution in [1.82, 2.24) is 10.2 Å². The topological polar surface area (TPSA) is 50.8 Å². The molecule has 22 heavy (non-hydrogen) atoms. The molecule has 0 spiro atoms. The first-order valence-corrected chi connectivity index (χ1v) is 8.84. The normalized spacial score (nSPS) is 31.2. The van der Waals surface area contributed by atoms with E-state index >= 15 is 0 Å². The number of ether oxygens (including phenoxy) is 2. The molecule has 0 aliphatic carbocycles. The zero-order chi connectivity index (χ0) is 15.5. The third-order valence-corrected chi connectivity index (χ3v) is 5.29. The molecule has 1 aromatic heterocycles. The first-order chi connectivity index (χ1) is 10.6. The third kappa shape index (κ3) is 3.68. The van der Waals surface area contributed by atoms with Crippen molar-refractivity contribution < 1.29 is 14.3 Å². The van der Waals surface area contributed by atoms with Gasteiger partial charge in [0.15, 0.2) is 0 Å². The molecule has 3 rings (SSSR count). The van der Waals surface area contributed by atoms with Crippen molar-refractivity contribution in [2.75, 3.05) is 26.2 Å². The van der Waals surface area contributed by atoms with E-state index in [0.717, 1.165) is 32.7 Å². The van der Waals surface area contributed by atoms with Gasteiger partial charge in [-0.25, -0.2) is 0 Å². The summed E-state index contributed by atoms with van der Waals surface area (Å²) in [6.07, 6.45) is 1.04. The summed E-state index contributed by atoms with van der Waals surface area (Å²) in [5.74, 6) is -0.118. The quantitative estimate of drug-likeness (QED) is 0.837. The molecule has 122 valence electrons. The Morgan fingerprint density at radius 2 is 2.32 bits per heavy atom. The van der Waals surface area contributed by atoms with E-state index in [0.29, 0.717) is 0 Å². The van der Waals surface area contributed by atoms with Gasteiger partial charge < -0.3 is 14.8 Å². The van der Waals surface area contributed by atoms with Crippen LogP contribution in [-0.2, 0) is 14.3 Å². The molecule has 0 radical (unpaired) electrons. The van der Waals surface area contributed by atoms with Crippen molar-refractivity contribution in [3.8, 4) is 0 Å². The molecule has 6 heteroatoms. The molecular formula is C16H24N2O3S. The van der Waals surface area contributed by atoms with Crippen LogP contribution in [0.1, 0.15) is 31.2 Å². The Hall–Kier alpha value is -0.950.